The summed E-state index contributed by atoms with van der Waals surface area (Å²) in [6.07, 6.45) is 7.21. The van der Waals surface area contributed by atoms with Crippen molar-refractivity contribution in [3.8, 4) is 0 Å². The second kappa shape index (κ2) is 7.63. The van der Waals surface area contributed by atoms with Crippen LogP contribution in [0.2, 0.25) is 0 Å². The van der Waals surface area contributed by atoms with Gasteiger partial charge in [0.25, 0.3) is 0 Å². The lowest BCUT2D eigenvalue weighted by Crippen LogP contribution is -2.28. The van der Waals surface area contributed by atoms with Crippen LogP contribution in [0.3, 0.4) is 0 Å². The lowest BCUT2D eigenvalue weighted by atomic mass is 10.2. The van der Waals surface area contributed by atoms with Crippen molar-refractivity contribution in [1.82, 2.24) is 10.3 Å². The van der Waals surface area contributed by atoms with Crippen LogP contribution in [-0.2, 0) is 6.54 Å². The van der Waals surface area contributed by atoms with Gasteiger partial charge in [-0.15, -0.1) is 0 Å². The van der Waals surface area contributed by atoms with Crippen molar-refractivity contribution in [1.29, 1.82) is 0 Å². The van der Waals surface area contributed by atoms with Crippen molar-refractivity contribution in [3.05, 3.63) is 23.4 Å². The molecule has 1 N–H and O–H groups in total. The van der Waals surface area contributed by atoms with Crippen LogP contribution < -0.4 is 10.2 Å². The van der Waals surface area contributed by atoms with Crippen LogP contribution in [0.5, 0.6) is 0 Å². The van der Waals surface area contributed by atoms with Crippen molar-refractivity contribution >= 4 is 5.82 Å². The molecule has 1 aliphatic rings. The van der Waals surface area contributed by atoms with Gasteiger partial charge < -0.3 is 10.2 Å². The SMILES string of the molecule is CCCNCc1cnc(N(CCC)CC2CC2)c(C)c1. The molecule has 1 saturated carbocycles. The zero-order valence-corrected chi connectivity index (χ0v) is 13.3. The highest BCUT2D eigenvalue weighted by atomic mass is 15.2. The van der Waals surface area contributed by atoms with Gasteiger partial charge in [0.2, 0.25) is 0 Å². The molecule has 3 heteroatoms. The summed E-state index contributed by atoms with van der Waals surface area (Å²) in [5, 5.41) is 3.44. The highest BCUT2D eigenvalue weighted by molar-refractivity contribution is 5.47. The lowest BCUT2D eigenvalue weighted by molar-refractivity contribution is 0.670. The van der Waals surface area contributed by atoms with E-state index in [1.54, 1.807) is 0 Å². The van der Waals surface area contributed by atoms with Crippen LogP contribution in [0, 0.1) is 12.8 Å². The van der Waals surface area contributed by atoms with Crippen LogP contribution in [0.15, 0.2) is 12.3 Å². The van der Waals surface area contributed by atoms with Gasteiger partial charge in [-0.3, -0.25) is 0 Å². The summed E-state index contributed by atoms with van der Waals surface area (Å²) in [5.41, 5.74) is 2.61. The Balaban J connectivity index is 2.01. The van der Waals surface area contributed by atoms with Crippen LogP contribution in [0.25, 0.3) is 0 Å². The monoisotopic (exact) mass is 275 g/mol. The molecule has 20 heavy (non-hydrogen) atoms. The average Bonchev–Trinajstić information content (AvgIpc) is 3.23. The minimum absolute atomic E-state index is 0.911. The average molecular weight is 275 g/mol. The fraction of sp³-hybridized carbons (Fsp3) is 0.706. The number of hydrogen-bond acceptors (Lipinski definition) is 3. The number of pyridine rings is 1. The van der Waals surface area contributed by atoms with Crippen molar-refractivity contribution in [2.75, 3.05) is 24.5 Å². The van der Waals surface area contributed by atoms with Gasteiger partial charge in [0.15, 0.2) is 0 Å². The van der Waals surface area contributed by atoms with Crippen LogP contribution >= 0.6 is 0 Å². The van der Waals surface area contributed by atoms with Crippen LogP contribution in [-0.4, -0.2) is 24.6 Å². The second-order valence-electron chi connectivity index (χ2n) is 6.05. The van der Waals surface area contributed by atoms with E-state index in [2.05, 4.69) is 37.1 Å². The first-order chi connectivity index (χ1) is 9.74. The molecule has 0 spiro atoms. The predicted octanol–water partition coefficient (Wildman–Crippen LogP) is 3.52. The van der Waals surface area contributed by atoms with Gasteiger partial charge >= 0.3 is 0 Å². The Morgan fingerprint density at radius 1 is 1.30 bits per heavy atom. The van der Waals surface area contributed by atoms with E-state index in [-0.39, 0.29) is 0 Å². The molecule has 0 amide bonds. The molecular weight excluding hydrogens is 246 g/mol. The summed E-state index contributed by atoms with van der Waals surface area (Å²) >= 11 is 0. The summed E-state index contributed by atoms with van der Waals surface area (Å²) in [4.78, 5) is 7.23. The Hall–Kier alpha value is -1.09. The van der Waals surface area contributed by atoms with Gasteiger partial charge in [-0.2, -0.15) is 0 Å². The molecule has 2 rings (SSSR count). The van der Waals surface area contributed by atoms with E-state index in [9.17, 15) is 0 Å². The molecule has 112 valence electrons. The minimum Gasteiger partial charge on any atom is -0.356 e. The highest BCUT2D eigenvalue weighted by Gasteiger charge is 2.25. The van der Waals surface area contributed by atoms with Gasteiger partial charge in [0.1, 0.15) is 5.82 Å². The summed E-state index contributed by atoms with van der Waals surface area (Å²) in [7, 11) is 0. The third-order valence-corrected chi connectivity index (χ3v) is 3.83. The van der Waals surface area contributed by atoms with Gasteiger partial charge in [0, 0.05) is 25.8 Å². The normalized spacial score (nSPS) is 14.6. The lowest BCUT2D eigenvalue weighted by Gasteiger charge is -2.25. The number of nitrogens with one attached hydrogen (secondary N) is 1. The molecule has 0 bridgehead atoms. The van der Waals surface area contributed by atoms with Gasteiger partial charge in [-0.25, -0.2) is 4.98 Å². The van der Waals surface area contributed by atoms with E-state index >= 15 is 0 Å². The Morgan fingerprint density at radius 3 is 2.70 bits per heavy atom. The Labute approximate surface area is 123 Å². The summed E-state index contributed by atoms with van der Waals surface area (Å²) < 4.78 is 0. The Bertz CT molecular complexity index is 413. The van der Waals surface area contributed by atoms with E-state index in [4.69, 9.17) is 4.98 Å². The standard InChI is InChI=1S/C17H29N3/c1-4-8-18-11-16-10-14(3)17(19-12-16)20(9-5-2)13-15-6-7-15/h10,12,15,18H,4-9,11,13H2,1-3H3. The quantitative estimate of drug-likeness (QED) is 0.699. The third-order valence-electron chi connectivity index (χ3n) is 3.83. The third kappa shape index (κ3) is 4.48. The molecular formula is C17H29N3. The molecule has 0 aromatic carbocycles. The van der Waals surface area contributed by atoms with E-state index in [1.165, 1.54) is 49.2 Å². The van der Waals surface area contributed by atoms with E-state index in [0.717, 1.165) is 25.6 Å². The molecule has 1 aliphatic carbocycles. The summed E-state index contributed by atoms with van der Waals surface area (Å²) in [6.45, 7) is 11.0. The first-order valence-corrected chi connectivity index (χ1v) is 8.15. The Kier molecular flexibility index (Phi) is 5.84. The van der Waals surface area contributed by atoms with Gasteiger partial charge in [-0.1, -0.05) is 13.8 Å². The molecule has 1 fully saturated rings. The summed E-state index contributed by atoms with van der Waals surface area (Å²) in [6, 6.07) is 2.29. The zero-order chi connectivity index (χ0) is 14.4. The van der Waals surface area contributed by atoms with Crippen LogP contribution in [0.1, 0.15) is 50.7 Å². The number of aromatic nitrogens is 1. The maximum Gasteiger partial charge on any atom is 0.131 e. The molecule has 3 nitrogen and oxygen atoms in total. The first kappa shape index (κ1) is 15.3. The largest absolute Gasteiger partial charge is 0.356 e. The van der Waals surface area contributed by atoms with Crippen molar-refractivity contribution in [2.45, 2.75) is 53.0 Å². The van der Waals surface area contributed by atoms with Gasteiger partial charge in [0.05, 0.1) is 0 Å². The molecule has 0 aliphatic heterocycles. The first-order valence-electron chi connectivity index (χ1n) is 8.15. The molecule has 1 aromatic rings. The van der Waals surface area contributed by atoms with E-state index in [1.807, 2.05) is 6.20 Å². The maximum absolute atomic E-state index is 4.74. The minimum atomic E-state index is 0.911. The maximum atomic E-state index is 4.74. The zero-order valence-electron chi connectivity index (χ0n) is 13.3. The molecule has 0 saturated heterocycles. The van der Waals surface area contributed by atoms with Gasteiger partial charge in [-0.05, 0) is 62.3 Å². The molecule has 0 atom stereocenters. The molecule has 0 radical (unpaired) electrons. The van der Waals surface area contributed by atoms with Crippen molar-refractivity contribution in [2.24, 2.45) is 5.92 Å². The van der Waals surface area contributed by atoms with Crippen molar-refractivity contribution in [3.63, 3.8) is 0 Å². The number of hydrogen-bond donors (Lipinski definition) is 1. The predicted molar refractivity (Wildman–Crippen MR) is 86.2 cm³/mol. The number of nitrogens with zero attached hydrogens (tertiary/aromatic N) is 2. The van der Waals surface area contributed by atoms with Crippen LogP contribution in [0.4, 0.5) is 5.82 Å². The van der Waals surface area contributed by atoms with Crippen molar-refractivity contribution < 1.29 is 0 Å². The summed E-state index contributed by atoms with van der Waals surface area (Å²) in [5.74, 6) is 2.10. The molecule has 0 unspecified atom stereocenters. The highest BCUT2D eigenvalue weighted by Crippen LogP contribution is 2.31. The topological polar surface area (TPSA) is 28.2 Å². The smallest absolute Gasteiger partial charge is 0.131 e. The number of anilines is 1. The fourth-order valence-corrected chi connectivity index (χ4v) is 2.63. The molecule has 1 heterocycles. The fourth-order valence-electron chi connectivity index (χ4n) is 2.63. The van der Waals surface area contributed by atoms with E-state index < -0.39 is 0 Å². The van der Waals surface area contributed by atoms with E-state index in [0.29, 0.717) is 0 Å². The Morgan fingerprint density at radius 2 is 2.10 bits per heavy atom. The number of aryl methyl sites for hydroxylation is 1. The second-order valence-corrected chi connectivity index (χ2v) is 6.05. The number of rotatable bonds is 9. The molecule has 1 aromatic heterocycles.